The summed E-state index contributed by atoms with van der Waals surface area (Å²) in [5.41, 5.74) is 0.685. The molecule has 0 radical (unpaired) electrons. The van der Waals surface area contributed by atoms with Crippen LogP contribution in [0.2, 0.25) is 0 Å². The molecule has 3 aromatic rings. The summed E-state index contributed by atoms with van der Waals surface area (Å²) < 4.78 is 19.3. The Morgan fingerprint density at radius 1 is 1.08 bits per heavy atom. The van der Waals surface area contributed by atoms with Gasteiger partial charge in [0.1, 0.15) is 41.4 Å². The van der Waals surface area contributed by atoms with Crippen LogP contribution in [0.15, 0.2) is 67.0 Å². The normalized spacial score (nSPS) is 26.4. The second kappa shape index (κ2) is 14.5. The fourth-order valence-electron chi connectivity index (χ4n) is 6.90. The lowest BCUT2D eigenvalue weighted by molar-refractivity contribution is -0.150. The number of fused-ring (bicyclic) bond motifs is 3. The Morgan fingerprint density at radius 3 is 2.64 bits per heavy atom. The minimum absolute atomic E-state index is 0.107. The topological polar surface area (TPSA) is 141 Å². The number of ether oxygens (including phenoxy) is 3. The molecule has 0 unspecified atom stereocenters. The van der Waals surface area contributed by atoms with Gasteiger partial charge in [-0.3, -0.25) is 14.2 Å². The molecule has 3 aliphatic rings. The number of alkyl carbamates (subject to hydrolysis) is 1. The maximum Gasteiger partial charge on any atom is 0.408 e. The lowest BCUT2D eigenvalue weighted by atomic mass is 10.0. The number of hydrogen-bond acceptors (Lipinski definition) is 8. The lowest BCUT2D eigenvalue weighted by Crippen LogP contribution is -2.56. The quantitative estimate of drug-likeness (QED) is 0.266. The maximum atomic E-state index is 14.3. The summed E-state index contributed by atoms with van der Waals surface area (Å²) in [7, 11) is 0. The summed E-state index contributed by atoms with van der Waals surface area (Å²) in [6.45, 7) is 7.30. The molecule has 1 aromatic heterocycles. The van der Waals surface area contributed by atoms with Crippen molar-refractivity contribution in [3.05, 3.63) is 67.0 Å². The number of rotatable bonds is 6. The lowest BCUT2D eigenvalue weighted by Gasteiger charge is -2.30. The second-order valence-corrected chi connectivity index (χ2v) is 14.3. The SMILES string of the molecule is CCOC(=O)[C@@]12C[C@H]1/C=C\CCCCC[C@H](NC(=O)OC(C)(C)C)C(=O)N1C[C@H](Oc3ccc4c(c3)ncn4-c3ccccc3)C[C@H]1C(=O)N2. The molecule has 50 heavy (non-hydrogen) atoms. The molecule has 0 spiro atoms. The van der Waals surface area contributed by atoms with Crippen molar-refractivity contribution >= 4 is 34.9 Å². The van der Waals surface area contributed by atoms with Crippen molar-refractivity contribution in [1.82, 2.24) is 25.1 Å². The molecular weight excluding hydrogens is 638 g/mol. The van der Waals surface area contributed by atoms with Gasteiger partial charge in [0.05, 0.1) is 24.2 Å². The number of carbonyl (C=O) groups is 4. The maximum absolute atomic E-state index is 14.3. The number of benzene rings is 2. The number of allylic oxidation sites excluding steroid dienone is 1. The van der Waals surface area contributed by atoms with E-state index in [0.29, 0.717) is 25.0 Å². The molecule has 5 atom stereocenters. The summed E-state index contributed by atoms with van der Waals surface area (Å²) in [5, 5.41) is 5.77. The molecule has 0 bridgehead atoms. The summed E-state index contributed by atoms with van der Waals surface area (Å²) in [6, 6.07) is 13.7. The Hall–Kier alpha value is -4.87. The fraction of sp³-hybridized carbons (Fsp3) is 0.500. The van der Waals surface area contributed by atoms with E-state index in [1.54, 1.807) is 34.0 Å². The number of hydrogen-bond donors (Lipinski definition) is 2. The molecule has 2 aromatic carbocycles. The van der Waals surface area contributed by atoms with Crippen LogP contribution in [0, 0.1) is 5.92 Å². The van der Waals surface area contributed by atoms with Crippen molar-refractivity contribution in [3.8, 4) is 11.4 Å². The largest absolute Gasteiger partial charge is 0.488 e. The van der Waals surface area contributed by atoms with Gasteiger partial charge in [0.15, 0.2) is 0 Å². The van der Waals surface area contributed by atoms with Crippen molar-refractivity contribution in [3.63, 3.8) is 0 Å². The number of nitrogens with zero attached hydrogens (tertiary/aromatic N) is 3. The smallest absolute Gasteiger partial charge is 0.408 e. The number of carbonyl (C=O) groups excluding carboxylic acids is 4. The van der Waals surface area contributed by atoms with Crippen molar-refractivity contribution in [2.24, 2.45) is 5.92 Å². The molecule has 2 aliphatic heterocycles. The van der Waals surface area contributed by atoms with Crippen LogP contribution in [0.3, 0.4) is 0 Å². The molecule has 1 saturated heterocycles. The van der Waals surface area contributed by atoms with Gasteiger partial charge in [0.25, 0.3) is 0 Å². The molecule has 6 rings (SSSR count). The summed E-state index contributed by atoms with van der Waals surface area (Å²) in [4.78, 5) is 60.6. The zero-order valence-corrected chi connectivity index (χ0v) is 29.2. The molecule has 12 heteroatoms. The van der Waals surface area contributed by atoms with Crippen LogP contribution >= 0.6 is 0 Å². The summed E-state index contributed by atoms with van der Waals surface area (Å²) in [5.74, 6) is -0.989. The van der Waals surface area contributed by atoms with Gasteiger partial charge >= 0.3 is 12.1 Å². The van der Waals surface area contributed by atoms with E-state index >= 15 is 0 Å². The van der Waals surface area contributed by atoms with Crippen molar-refractivity contribution in [2.75, 3.05) is 13.2 Å². The Labute approximate surface area is 292 Å². The molecular formula is C38H47N5O7. The van der Waals surface area contributed by atoms with Gasteiger partial charge in [-0.25, -0.2) is 14.6 Å². The van der Waals surface area contributed by atoms with Gasteiger partial charge in [-0.05, 0) is 77.6 Å². The van der Waals surface area contributed by atoms with E-state index in [2.05, 4.69) is 15.6 Å². The fourth-order valence-corrected chi connectivity index (χ4v) is 6.90. The van der Waals surface area contributed by atoms with E-state index in [-0.39, 0.29) is 25.5 Å². The number of nitrogens with one attached hydrogen (secondary N) is 2. The molecule has 2 N–H and O–H groups in total. The van der Waals surface area contributed by atoms with E-state index in [0.717, 1.165) is 36.0 Å². The van der Waals surface area contributed by atoms with Crippen LogP contribution in [-0.2, 0) is 23.9 Å². The van der Waals surface area contributed by atoms with Gasteiger partial charge in [-0.2, -0.15) is 0 Å². The highest BCUT2D eigenvalue weighted by Crippen LogP contribution is 2.46. The van der Waals surface area contributed by atoms with Crippen LogP contribution in [0.25, 0.3) is 16.7 Å². The Bertz CT molecular complexity index is 1750. The highest BCUT2D eigenvalue weighted by molar-refractivity contribution is 5.96. The van der Waals surface area contributed by atoms with Gasteiger partial charge in [-0.15, -0.1) is 0 Å². The average Bonchev–Trinajstić information content (AvgIpc) is 3.37. The zero-order valence-electron chi connectivity index (χ0n) is 29.2. The third kappa shape index (κ3) is 7.79. The number of imidazole rings is 1. The van der Waals surface area contributed by atoms with Crippen molar-refractivity contribution < 1.29 is 33.4 Å². The predicted molar refractivity (Wildman–Crippen MR) is 187 cm³/mol. The average molecular weight is 686 g/mol. The number of amides is 3. The molecule has 2 fully saturated rings. The first-order chi connectivity index (χ1) is 24.0. The van der Waals surface area contributed by atoms with Gasteiger partial charge < -0.3 is 29.7 Å². The molecule has 12 nitrogen and oxygen atoms in total. The minimum atomic E-state index is -1.19. The predicted octanol–water partition coefficient (Wildman–Crippen LogP) is 5.23. The number of aromatic nitrogens is 2. The standard InChI is InChI=1S/C38H47N5O7/c1-5-48-35(46)38-22-25(38)14-10-7-6-8-13-17-29(40-36(47)50-37(2,3)4)34(45)42-23-28(21-32(42)33(44)41-38)49-27-18-19-31-30(20-27)39-24-43(31)26-15-11-9-12-16-26/h9-12,14-16,18-20,24-25,28-29,32H,5-8,13,17,21-23H2,1-4H3,(H,40,47)(H,41,44)/b14-10-/t25-,28-,29+,32+,38-/m1/s1. The van der Waals surface area contributed by atoms with Crippen molar-refractivity contribution in [2.45, 2.75) is 102 Å². The minimum Gasteiger partial charge on any atom is -0.488 e. The van der Waals surface area contributed by atoms with E-state index in [9.17, 15) is 19.2 Å². The van der Waals surface area contributed by atoms with Crippen LogP contribution in [0.5, 0.6) is 5.75 Å². The van der Waals surface area contributed by atoms with Crippen LogP contribution in [0.1, 0.15) is 72.6 Å². The van der Waals surface area contributed by atoms with Crippen molar-refractivity contribution in [1.29, 1.82) is 0 Å². The monoisotopic (exact) mass is 685 g/mol. The number of esters is 1. The van der Waals surface area contributed by atoms with Crippen LogP contribution in [-0.4, -0.2) is 80.8 Å². The first-order valence-electron chi connectivity index (χ1n) is 17.6. The Kier molecular flexibility index (Phi) is 10.2. The van der Waals surface area contributed by atoms with Gasteiger partial charge in [-0.1, -0.05) is 43.2 Å². The highest BCUT2D eigenvalue weighted by Gasteiger charge is 2.62. The summed E-state index contributed by atoms with van der Waals surface area (Å²) >= 11 is 0. The first-order valence-corrected chi connectivity index (χ1v) is 17.6. The van der Waals surface area contributed by atoms with Gasteiger partial charge in [0.2, 0.25) is 11.8 Å². The molecule has 3 amide bonds. The third-order valence-corrected chi connectivity index (χ3v) is 9.43. The van der Waals surface area contributed by atoms with E-state index in [4.69, 9.17) is 14.2 Å². The van der Waals surface area contributed by atoms with Crippen LogP contribution in [0.4, 0.5) is 4.79 Å². The van der Waals surface area contributed by atoms with E-state index in [1.807, 2.05) is 65.3 Å². The number of para-hydroxylation sites is 1. The molecule has 266 valence electrons. The molecule has 1 aliphatic carbocycles. The first kappa shape index (κ1) is 35.0. The molecule has 3 heterocycles. The summed E-state index contributed by atoms with van der Waals surface area (Å²) in [6.07, 6.45) is 8.76. The van der Waals surface area contributed by atoms with E-state index in [1.165, 1.54) is 4.90 Å². The van der Waals surface area contributed by atoms with E-state index < -0.39 is 53.2 Å². The zero-order chi connectivity index (χ0) is 35.5. The highest BCUT2D eigenvalue weighted by atomic mass is 16.6. The van der Waals surface area contributed by atoms with Crippen LogP contribution < -0.4 is 15.4 Å². The van der Waals surface area contributed by atoms with Gasteiger partial charge in [0, 0.05) is 24.1 Å². The Balaban J connectivity index is 1.27. The molecule has 1 saturated carbocycles. The third-order valence-electron chi connectivity index (χ3n) is 9.43. The second-order valence-electron chi connectivity index (χ2n) is 14.3. The Morgan fingerprint density at radius 2 is 1.88 bits per heavy atom.